The second kappa shape index (κ2) is 7.23. The number of aryl methyl sites for hydroxylation is 1. The lowest BCUT2D eigenvalue weighted by atomic mass is 10.1. The van der Waals surface area contributed by atoms with Crippen molar-refractivity contribution < 1.29 is 9.53 Å². The molecular weight excluding hydrogens is 322 g/mol. The number of methoxy groups -OCH3 is 1. The van der Waals surface area contributed by atoms with E-state index < -0.39 is 0 Å². The summed E-state index contributed by atoms with van der Waals surface area (Å²) in [6.07, 6.45) is 3.74. The van der Waals surface area contributed by atoms with Gasteiger partial charge >= 0.3 is 0 Å². The number of benzene rings is 1. The number of carbonyl (C=O) groups excluding carboxylic acids is 1. The van der Waals surface area contributed by atoms with Gasteiger partial charge in [0, 0.05) is 23.3 Å². The molecule has 0 saturated carbocycles. The van der Waals surface area contributed by atoms with Crippen LogP contribution in [0.3, 0.4) is 0 Å². The zero-order chi connectivity index (χ0) is 16.9. The van der Waals surface area contributed by atoms with Crippen LogP contribution in [0.2, 0.25) is 0 Å². The van der Waals surface area contributed by atoms with Crippen molar-refractivity contribution in [1.29, 1.82) is 0 Å². The van der Waals surface area contributed by atoms with E-state index in [2.05, 4.69) is 15.3 Å². The Hall–Kier alpha value is -2.73. The second-order valence-corrected chi connectivity index (χ2v) is 6.17. The molecule has 2 heterocycles. The molecule has 2 aromatic heterocycles. The second-order valence-electron chi connectivity index (χ2n) is 5.31. The third-order valence-corrected chi connectivity index (χ3v) is 4.30. The van der Waals surface area contributed by atoms with Gasteiger partial charge in [0.1, 0.15) is 5.75 Å². The molecule has 1 N–H and O–H groups in total. The predicted molar refractivity (Wildman–Crippen MR) is 95.4 cm³/mol. The summed E-state index contributed by atoms with van der Waals surface area (Å²) in [5, 5.41) is 5.33. The van der Waals surface area contributed by atoms with Crippen molar-refractivity contribution in [3.8, 4) is 17.0 Å². The first-order valence-corrected chi connectivity index (χ1v) is 8.33. The Labute approximate surface area is 144 Å². The Morgan fingerprint density at radius 3 is 2.96 bits per heavy atom. The predicted octanol–water partition coefficient (Wildman–Crippen LogP) is 3.70. The van der Waals surface area contributed by atoms with Crippen molar-refractivity contribution in [3.63, 3.8) is 0 Å². The molecule has 3 rings (SSSR count). The van der Waals surface area contributed by atoms with Crippen LogP contribution in [0.1, 0.15) is 11.1 Å². The summed E-state index contributed by atoms with van der Waals surface area (Å²) in [5.74, 6) is 0.682. The molecule has 5 nitrogen and oxygen atoms in total. The van der Waals surface area contributed by atoms with Crippen LogP contribution in [0.4, 0.5) is 5.13 Å². The van der Waals surface area contributed by atoms with Crippen LogP contribution < -0.4 is 10.1 Å². The first-order valence-electron chi connectivity index (χ1n) is 7.45. The Bertz CT molecular complexity index is 846. The van der Waals surface area contributed by atoms with Crippen molar-refractivity contribution >= 4 is 22.4 Å². The topological polar surface area (TPSA) is 64.1 Å². The van der Waals surface area contributed by atoms with Gasteiger partial charge in [-0.25, -0.2) is 4.98 Å². The standard InChI is InChI=1S/C18H17N3O2S/c1-12-5-6-13(8-16(12)23-2)9-17(22)21-18-20-15(11-24-18)14-4-3-7-19-10-14/h3-8,10-11H,9H2,1-2H3,(H,20,21,22). The Morgan fingerprint density at radius 2 is 2.21 bits per heavy atom. The first kappa shape index (κ1) is 16.1. The van der Waals surface area contributed by atoms with E-state index in [9.17, 15) is 4.79 Å². The first-order chi connectivity index (χ1) is 11.7. The van der Waals surface area contributed by atoms with E-state index in [4.69, 9.17) is 4.74 Å². The highest BCUT2D eigenvalue weighted by atomic mass is 32.1. The summed E-state index contributed by atoms with van der Waals surface area (Å²) in [7, 11) is 1.63. The molecule has 0 radical (unpaired) electrons. The van der Waals surface area contributed by atoms with Gasteiger partial charge in [0.2, 0.25) is 5.91 Å². The molecule has 1 aromatic carbocycles. The summed E-state index contributed by atoms with van der Waals surface area (Å²) in [6, 6.07) is 9.56. The lowest BCUT2D eigenvalue weighted by Gasteiger charge is -2.07. The number of aromatic nitrogens is 2. The number of nitrogens with one attached hydrogen (secondary N) is 1. The lowest BCUT2D eigenvalue weighted by molar-refractivity contribution is -0.115. The van der Waals surface area contributed by atoms with Crippen molar-refractivity contribution in [2.24, 2.45) is 0 Å². The molecule has 0 spiro atoms. The minimum absolute atomic E-state index is 0.104. The third kappa shape index (κ3) is 3.78. The Balaban J connectivity index is 1.66. The number of nitrogens with zero attached hydrogens (tertiary/aromatic N) is 2. The van der Waals surface area contributed by atoms with Gasteiger partial charge in [-0.2, -0.15) is 0 Å². The van der Waals surface area contributed by atoms with E-state index in [1.807, 2.05) is 42.6 Å². The van der Waals surface area contributed by atoms with Crippen molar-refractivity contribution in [2.45, 2.75) is 13.3 Å². The van der Waals surface area contributed by atoms with E-state index in [1.165, 1.54) is 11.3 Å². The van der Waals surface area contributed by atoms with Crippen molar-refractivity contribution in [1.82, 2.24) is 9.97 Å². The molecule has 6 heteroatoms. The molecule has 0 aliphatic carbocycles. The minimum atomic E-state index is -0.104. The maximum absolute atomic E-state index is 12.2. The fourth-order valence-electron chi connectivity index (χ4n) is 2.30. The van der Waals surface area contributed by atoms with Crippen LogP contribution in [0, 0.1) is 6.92 Å². The average Bonchev–Trinajstić information content (AvgIpc) is 3.05. The average molecular weight is 339 g/mol. The van der Waals surface area contributed by atoms with Gasteiger partial charge in [-0.1, -0.05) is 12.1 Å². The van der Waals surface area contributed by atoms with Crippen LogP contribution in [-0.2, 0) is 11.2 Å². The zero-order valence-corrected chi connectivity index (χ0v) is 14.3. The number of pyridine rings is 1. The van der Waals surface area contributed by atoms with Gasteiger partial charge in [0.25, 0.3) is 0 Å². The van der Waals surface area contributed by atoms with E-state index >= 15 is 0 Å². The number of carbonyl (C=O) groups is 1. The normalized spacial score (nSPS) is 10.4. The molecule has 0 saturated heterocycles. The third-order valence-electron chi connectivity index (χ3n) is 3.54. The van der Waals surface area contributed by atoms with E-state index in [-0.39, 0.29) is 12.3 Å². The number of hydrogen-bond acceptors (Lipinski definition) is 5. The quantitative estimate of drug-likeness (QED) is 0.770. The van der Waals surface area contributed by atoms with Crippen LogP contribution >= 0.6 is 11.3 Å². The highest BCUT2D eigenvalue weighted by Gasteiger charge is 2.10. The van der Waals surface area contributed by atoms with Gasteiger partial charge in [0.05, 0.1) is 19.2 Å². The van der Waals surface area contributed by atoms with Crippen LogP contribution in [0.15, 0.2) is 48.1 Å². The number of amides is 1. The van der Waals surface area contributed by atoms with Crippen LogP contribution in [0.5, 0.6) is 5.75 Å². The van der Waals surface area contributed by atoms with Gasteiger partial charge < -0.3 is 10.1 Å². The Morgan fingerprint density at radius 1 is 1.33 bits per heavy atom. The van der Waals surface area contributed by atoms with Crippen LogP contribution in [0.25, 0.3) is 11.3 Å². The molecular formula is C18H17N3O2S. The summed E-state index contributed by atoms with van der Waals surface area (Å²) in [5.41, 5.74) is 3.68. The van der Waals surface area contributed by atoms with Crippen molar-refractivity contribution in [3.05, 3.63) is 59.2 Å². The summed E-state index contributed by atoms with van der Waals surface area (Å²) < 4.78 is 5.29. The fourth-order valence-corrected chi connectivity index (χ4v) is 3.04. The molecule has 0 bridgehead atoms. The number of rotatable bonds is 5. The highest BCUT2D eigenvalue weighted by Crippen LogP contribution is 2.24. The van der Waals surface area contributed by atoms with Crippen LogP contribution in [-0.4, -0.2) is 23.0 Å². The van der Waals surface area contributed by atoms with Gasteiger partial charge in [-0.05, 0) is 36.2 Å². The maximum atomic E-state index is 12.2. The van der Waals surface area contributed by atoms with Gasteiger partial charge in [0.15, 0.2) is 5.13 Å². The molecule has 0 unspecified atom stereocenters. The molecule has 0 aliphatic rings. The highest BCUT2D eigenvalue weighted by molar-refractivity contribution is 7.14. The molecule has 1 amide bonds. The molecule has 0 atom stereocenters. The fraction of sp³-hybridized carbons (Fsp3) is 0.167. The molecule has 0 aliphatic heterocycles. The number of hydrogen-bond donors (Lipinski definition) is 1. The number of ether oxygens (including phenoxy) is 1. The maximum Gasteiger partial charge on any atom is 0.230 e. The number of thiazole rings is 1. The SMILES string of the molecule is COc1cc(CC(=O)Nc2nc(-c3cccnc3)cs2)ccc1C. The summed E-state index contributed by atoms with van der Waals surface area (Å²) in [6.45, 7) is 1.97. The largest absolute Gasteiger partial charge is 0.496 e. The van der Waals surface area contributed by atoms with Crippen molar-refractivity contribution in [2.75, 3.05) is 12.4 Å². The smallest absolute Gasteiger partial charge is 0.230 e. The molecule has 24 heavy (non-hydrogen) atoms. The van der Waals surface area contributed by atoms with Gasteiger partial charge in [-0.3, -0.25) is 9.78 Å². The lowest BCUT2D eigenvalue weighted by Crippen LogP contribution is -2.14. The summed E-state index contributed by atoms with van der Waals surface area (Å²) >= 11 is 1.40. The zero-order valence-electron chi connectivity index (χ0n) is 13.4. The monoisotopic (exact) mass is 339 g/mol. The number of anilines is 1. The van der Waals surface area contributed by atoms with E-state index in [0.717, 1.165) is 28.1 Å². The van der Waals surface area contributed by atoms with Gasteiger partial charge in [-0.15, -0.1) is 11.3 Å². The molecule has 0 fully saturated rings. The van der Waals surface area contributed by atoms with E-state index in [1.54, 1.807) is 19.5 Å². The Kier molecular flexibility index (Phi) is 4.86. The minimum Gasteiger partial charge on any atom is -0.496 e. The molecule has 3 aromatic rings. The summed E-state index contributed by atoms with van der Waals surface area (Å²) in [4.78, 5) is 20.7. The van der Waals surface area contributed by atoms with E-state index in [0.29, 0.717) is 5.13 Å². The molecule has 122 valence electrons.